The van der Waals surface area contributed by atoms with E-state index < -0.39 is 6.10 Å². The van der Waals surface area contributed by atoms with Crippen LogP contribution in [0.4, 0.5) is 4.39 Å². The number of furan rings is 1. The summed E-state index contributed by atoms with van der Waals surface area (Å²) in [6, 6.07) is 6.99. The van der Waals surface area contributed by atoms with E-state index in [0.717, 1.165) is 0 Å². The first kappa shape index (κ1) is 14.1. The lowest BCUT2D eigenvalue weighted by Crippen LogP contribution is -2.35. The molecular formula is C14H14FNO4. The van der Waals surface area contributed by atoms with E-state index in [1.165, 1.54) is 42.9 Å². The van der Waals surface area contributed by atoms with Crippen molar-refractivity contribution in [1.29, 1.82) is 0 Å². The Balaban J connectivity index is 1.71. The van der Waals surface area contributed by atoms with Crippen LogP contribution < -0.4 is 10.1 Å². The predicted molar refractivity (Wildman–Crippen MR) is 68.9 cm³/mol. The number of halogens is 1. The highest BCUT2D eigenvalue weighted by Crippen LogP contribution is 2.11. The summed E-state index contributed by atoms with van der Waals surface area (Å²) < 4.78 is 22.7. The summed E-state index contributed by atoms with van der Waals surface area (Å²) in [7, 11) is 0. The Morgan fingerprint density at radius 1 is 1.35 bits per heavy atom. The van der Waals surface area contributed by atoms with Crippen molar-refractivity contribution in [2.45, 2.75) is 6.10 Å². The third-order valence-corrected chi connectivity index (χ3v) is 2.54. The van der Waals surface area contributed by atoms with E-state index in [-0.39, 0.29) is 24.9 Å². The maximum atomic E-state index is 12.7. The molecule has 2 rings (SSSR count). The minimum absolute atomic E-state index is 0.00268. The molecule has 1 unspecified atom stereocenters. The minimum Gasteiger partial charge on any atom is -0.491 e. The van der Waals surface area contributed by atoms with Crippen molar-refractivity contribution in [3.8, 4) is 5.75 Å². The number of aliphatic hydroxyl groups is 1. The Labute approximate surface area is 115 Å². The molecule has 0 saturated carbocycles. The molecule has 1 heterocycles. The average Bonchev–Trinajstić information content (AvgIpc) is 2.98. The Morgan fingerprint density at radius 3 is 2.75 bits per heavy atom. The second-order valence-corrected chi connectivity index (χ2v) is 4.14. The predicted octanol–water partition coefficient (Wildman–Crippen LogP) is 1.59. The third kappa shape index (κ3) is 4.10. The van der Waals surface area contributed by atoms with Crippen LogP contribution in [-0.4, -0.2) is 30.3 Å². The molecule has 5 nitrogen and oxygen atoms in total. The molecule has 1 atom stereocenters. The van der Waals surface area contributed by atoms with Crippen LogP contribution in [0.15, 0.2) is 47.3 Å². The summed E-state index contributed by atoms with van der Waals surface area (Å²) in [5.74, 6) is -0.239. The SMILES string of the molecule is O=C(NCC(O)COc1ccc(F)cc1)c1ccoc1. The Bertz CT molecular complexity index is 539. The number of rotatable bonds is 6. The molecule has 0 saturated heterocycles. The van der Waals surface area contributed by atoms with Crippen molar-refractivity contribution in [3.05, 3.63) is 54.2 Å². The van der Waals surface area contributed by atoms with Gasteiger partial charge in [-0.2, -0.15) is 0 Å². The van der Waals surface area contributed by atoms with Crippen molar-refractivity contribution in [1.82, 2.24) is 5.32 Å². The highest BCUT2D eigenvalue weighted by atomic mass is 19.1. The molecule has 20 heavy (non-hydrogen) atoms. The van der Waals surface area contributed by atoms with Crippen molar-refractivity contribution >= 4 is 5.91 Å². The maximum Gasteiger partial charge on any atom is 0.254 e. The molecule has 2 N–H and O–H groups in total. The molecule has 0 aliphatic heterocycles. The van der Waals surface area contributed by atoms with Crippen LogP contribution in [0.25, 0.3) is 0 Å². The normalized spacial score (nSPS) is 11.9. The molecule has 0 spiro atoms. The van der Waals surface area contributed by atoms with Crippen molar-refractivity contribution in [2.75, 3.05) is 13.2 Å². The first-order valence-corrected chi connectivity index (χ1v) is 6.02. The number of benzene rings is 1. The van der Waals surface area contributed by atoms with E-state index in [9.17, 15) is 14.3 Å². The largest absolute Gasteiger partial charge is 0.491 e. The van der Waals surface area contributed by atoms with Gasteiger partial charge in [0, 0.05) is 6.54 Å². The van der Waals surface area contributed by atoms with Crippen molar-refractivity contribution < 1.29 is 23.4 Å². The Kier molecular flexibility index (Phi) is 4.73. The molecule has 2 aromatic rings. The van der Waals surface area contributed by atoms with Gasteiger partial charge in [-0.3, -0.25) is 4.79 Å². The zero-order valence-corrected chi connectivity index (χ0v) is 10.6. The lowest BCUT2D eigenvalue weighted by atomic mass is 10.3. The summed E-state index contributed by atoms with van der Waals surface area (Å²) in [5, 5.41) is 12.2. The van der Waals surface area contributed by atoms with Crippen LogP contribution in [0, 0.1) is 5.82 Å². The summed E-state index contributed by atoms with van der Waals surface area (Å²) in [5.41, 5.74) is 0.386. The zero-order valence-electron chi connectivity index (χ0n) is 10.6. The van der Waals surface area contributed by atoms with Crippen LogP contribution in [0.5, 0.6) is 5.75 Å². The highest BCUT2D eigenvalue weighted by molar-refractivity contribution is 5.93. The van der Waals surface area contributed by atoms with Crippen LogP contribution in [0.1, 0.15) is 10.4 Å². The van der Waals surface area contributed by atoms with Gasteiger partial charge in [-0.25, -0.2) is 4.39 Å². The number of amides is 1. The molecule has 0 aliphatic carbocycles. The van der Waals surface area contributed by atoms with Crippen molar-refractivity contribution in [2.24, 2.45) is 0 Å². The second-order valence-electron chi connectivity index (χ2n) is 4.14. The number of nitrogens with one attached hydrogen (secondary N) is 1. The molecule has 106 valence electrons. The lowest BCUT2D eigenvalue weighted by Gasteiger charge is -2.12. The summed E-state index contributed by atoms with van der Waals surface area (Å²) >= 11 is 0. The van der Waals surface area contributed by atoms with Gasteiger partial charge < -0.3 is 19.6 Å². The van der Waals surface area contributed by atoms with Crippen LogP contribution in [0.3, 0.4) is 0 Å². The summed E-state index contributed by atoms with van der Waals surface area (Å²) in [6.45, 7) is 0.0442. The van der Waals surface area contributed by atoms with Gasteiger partial charge in [-0.15, -0.1) is 0 Å². The number of ether oxygens (including phenoxy) is 1. The topological polar surface area (TPSA) is 71.7 Å². The van der Waals surface area contributed by atoms with E-state index in [0.29, 0.717) is 11.3 Å². The first-order chi connectivity index (χ1) is 9.65. The fraction of sp³-hybridized carbons (Fsp3) is 0.214. The fourth-order valence-electron chi connectivity index (χ4n) is 1.49. The molecule has 0 radical (unpaired) electrons. The molecule has 0 aliphatic rings. The highest BCUT2D eigenvalue weighted by Gasteiger charge is 2.10. The number of aliphatic hydroxyl groups excluding tert-OH is 1. The third-order valence-electron chi connectivity index (χ3n) is 2.54. The standard InChI is InChI=1S/C14H14FNO4/c15-11-1-3-13(4-2-11)20-9-12(17)7-16-14(18)10-5-6-19-8-10/h1-6,8,12,17H,7,9H2,(H,16,18). The van der Waals surface area contributed by atoms with Crippen molar-refractivity contribution in [3.63, 3.8) is 0 Å². The molecule has 6 heteroatoms. The fourth-order valence-corrected chi connectivity index (χ4v) is 1.49. The van der Waals surface area contributed by atoms with Gasteiger partial charge in [0.25, 0.3) is 5.91 Å². The summed E-state index contributed by atoms with van der Waals surface area (Å²) in [6.07, 6.45) is 1.84. The molecule has 1 aromatic carbocycles. The zero-order chi connectivity index (χ0) is 14.4. The lowest BCUT2D eigenvalue weighted by molar-refractivity contribution is 0.0843. The molecular weight excluding hydrogens is 265 g/mol. The number of hydrogen-bond donors (Lipinski definition) is 2. The van der Waals surface area contributed by atoms with Gasteiger partial charge in [0.15, 0.2) is 0 Å². The number of carbonyl (C=O) groups excluding carboxylic acids is 1. The van der Waals surface area contributed by atoms with Gasteiger partial charge >= 0.3 is 0 Å². The van der Waals surface area contributed by atoms with Crippen LogP contribution in [-0.2, 0) is 0 Å². The van der Waals surface area contributed by atoms with E-state index >= 15 is 0 Å². The smallest absolute Gasteiger partial charge is 0.254 e. The monoisotopic (exact) mass is 279 g/mol. The molecule has 0 bridgehead atoms. The molecule has 1 amide bonds. The summed E-state index contributed by atoms with van der Waals surface area (Å²) in [4.78, 5) is 11.6. The van der Waals surface area contributed by atoms with Gasteiger partial charge in [0.1, 0.15) is 30.5 Å². The average molecular weight is 279 g/mol. The first-order valence-electron chi connectivity index (χ1n) is 6.02. The van der Waals surface area contributed by atoms with Crippen LogP contribution in [0.2, 0.25) is 0 Å². The van der Waals surface area contributed by atoms with Gasteiger partial charge in [-0.05, 0) is 30.3 Å². The van der Waals surface area contributed by atoms with E-state index in [1.807, 2.05) is 0 Å². The number of hydrogen-bond acceptors (Lipinski definition) is 4. The molecule has 1 aromatic heterocycles. The van der Waals surface area contributed by atoms with Gasteiger partial charge in [0.05, 0.1) is 11.8 Å². The number of carbonyl (C=O) groups is 1. The van der Waals surface area contributed by atoms with Gasteiger partial charge in [-0.1, -0.05) is 0 Å². The Morgan fingerprint density at radius 2 is 2.10 bits per heavy atom. The van der Waals surface area contributed by atoms with E-state index in [1.54, 1.807) is 0 Å². The molecule has 0 fully saturated rings. The van der Waals surface area contributed by atoms with Crippen LogP contribution >= 0.6 is 0 Å². The van der Waals surface area contributed by atoms with E-state index in [4.69, 9.17) is 9.15 Å². The quantitative estimate of drug-likeness (QED) is 0.842. The maximum absolute atomic E-state index is 12.7. The second kappa shape index (κ2) is 6.72. The van der Waals surface area contributed by atoms with E-state index in [2.05, 4.69) is 5.32 Å². The van der Waals surface area contributed by atoms with Gasteiger partial charge in [0.2, 0.25) is 0 Å². The minimum atomic E-state index is -0.865. The Hall–Kier alpha value is -2.34.